The van der Waals surface area contributed by atoms with Crippen molar-refractivity contribution >= 4 is 23.4 Å². The zero-order valence-corrected chi connectivity index (χ0v) is 15.7. The minimum atomic E-state index is -0.747. The van der Waals surface area contributed by atoms with Crippen molar-refractivity contribution in [1.29, 1.82) is 0 Å². The lowest BCUT2D eigenvalue weighted by Gasteiger charge is -2.38. The zero-order valence-electron chi connectivity index (χ0n) is 15.0. The number of nitrogens with one attached hydrogen (secondary N) is 1. The topological polar surface area (TPSA) is 73.9 Å². The Balaban J connectivity index is 1.89. The summed E-state index contributed by atoms with van der Waals surface area (Å²) >= 11 is 6.54. The maximum Gasteiger partial charge on any atom is 0.315 e. The number of ketones is 1. The maximum absolute atomic E-state index is 12.8. The third-order valence-electron chi connectivity index (χ3n) is 5.15. The highest BCUT2D eigenvalue weighted by Crippen LogP contribution is 2.49. The summed E-state index contributed by atoms with van der Waals surface area (Å²) < 4.78 is 16.1. The van der Waals surface area contributed by atoms with Crippen LogP contribution in [0.25, 0.3) is 0 Å². The van der Waals surface area contributed by atoms with Gasteiger partial charge < -0.3 is 19.5 Å². The van der Waals surface area contributed by atoms with Gasteiger partial charge in [0.1, 0.15) is 5.92 Å². The highest BCUT2D eigenvalue weighted by molar-refractivity contribution is 6.31. The van der Waals surface area contributed by atoms with Crippen LogP contribution in [0.1, 0.15) is 37.7 Å². The highest BCUT2D eigenvalue weighted by atomic mass is 35.5. The predicted octanol–water partition coefficient (Wildman–Crippen LogP) is 3.46. The molecule has 142 valence electrons. The van der Waals surface area contributed by atoms with E-state index in [1.807, 2.05) is 0 Å². The zero-order chi connectivity index (χ0) is 19.1. The lowest BCUT2D eigenvalue weighted by atomic mass is 9.71. The van der Waals surface area contributed by atoms with E-state index in [2.05, 4.69) is 11.9 Å². The molecule has 0 amide bonds. The second-order valence-corrected chi connectivity index (χ2v) is 7.16. The first-order valence-electron chi connectivity index (χ1n) is 8.99. The molecule has 2 unspecified atom stereocenters. The fraction of sp³-hybridized carbons (Fsp3) is 0.400. The standard InChI is InChI=1S/C20H20ClNO5/c1-3-25-20(24)17-10(2)22-13-5-4-6-14(23)19(13)18(17)11-7-15-16(8-12(11)21)27-9-26-15/h7-8,17-18,22H,2-6,9H2,1H3. The van der Waals surface area contributed by atoms with E-state index in [0.29, 0.717) is 39.8 Å². The molecule has 0 saturated heterocycles. The van der Waals surface area contributed by atoms with E-state index >= 15 is 0 Å². The van der Waals surface area contributed by atoms with Gasteiger partial charge in [-0.05, 0) is 31.4 Å². The molecule has 0 radical (unpaired) electrons. The second kappa shape index (κ2) is 6.93. The van der Waals surface area contributed by atoms with Crippen LogP contribution in [0, 0.1) is 5.92 Å². The van der Waals surface area contributed by atoms with Crippen LogP contribution in [0.5, 0.6) is 11.5 Å². The van der Waals surface area contributed by atoms with Crippen molar-refractivity contribution in [2.45, 2.75) is 32.1 Å². The lowest BCUT2D eigenvalue weighted by Crippen LogP contribution is -2.41. The van der Waals surface area contributed by atoms with Crippen LogP contribution < -0.4 is 14.8 Å². The van der Waals surface area contributed by atoms with Gasteiger partial charge in [0.2, 0.25) is 6.79 Å². The minimum absolute atomic E-state index is 0.0179. The fourth-order valence-corrected chi connectivity index (χ4v) is 4.28. The van der Waals surface area contributed by atoms with Crippen molar-refractivity contribution in [3.63, 3.8) is 0 Å². The summed E-state index contributed by atoms with van der Waals surface area (Å²) in [5.74, 6) is -0.630. The Kier molecular flexibility index (Phi) is 4.60. The minimum Gasteiger partial charge on any atom is -0.465 e. The van der Waals surface area contributed by atoms with Gasteiger partial charge in [0, 0.05) is 40.4 Å². The van der Waals surface area contributed by atoms with Gasteiger partial charge >= 0.3 is 5.97 Å². The average Bonchev–Trinajstić information content (AvgIpc) is 3.07. The summed E-state index contributed by atoms with van der Waals surface area (Å²) in [6.07, 6.45) is 1.94. The monoisotopic (exact) mass is 389 g/mol. The third-order valence-corrected chi connectivity index (χ3v) is 5.48. The molecule has 0 saturated carbocycles. The molecule has 27 heavy (non-hydrogen) atoms. The van der Waals surface area contributed by atoms with Crippen LogP contribution in [0.2, 0.25) is 5.02 Å². The van der Waals surface area contributed by atoms with Crippen molar-refractivity contribution in [3.8, 4) is 11.5 Å². The number of Topliss-reactive ketones (excluding diaryl/α,β-unsaturated/α-hetero) is 1. The maximum atomic E-state index is 12.8. The number of carbonyl (C=O) groups is 2. The Morgan fingerprint density at radius 1 is 1.33 bits per heavy atom. The van der Waals surface area contributed by atoms with Gasteiger partial charge in [-0.1, -0.05) is 18.2 Å². The lowest BCUT2D eigenvalue weighted by molar-refractivity contribution is -0.147. The molecule has 2 aliphatic heterocycles. The van der Waals surface area contributed by atoms with Crippen LogP contribution in [-0.2, 0) is 14.3 Å². The third kappa shape index (κ3) is 2.98. The Bertz CT molecular complexity index is 875. The van der Waals surface area contributed by atoms with E-state index in [4.69, 9.17) is 25.8 Å². The smallest absolute Gasteiger partial charge is 0.315 e. The van der Waals surface area contributed by atoms with Gasteiger partial charge in [-0.15, -0.1) is 0 Å². The summed E-state index contributed by atoms with van der Waals surface area (Å²) in [6, 6.07) is 3.42. The molecule has 3 aliphatic rings. The number of esters is 1. The average molecular weight is 390 g/mol. The molecule has 4 rings (SSSR count). The second-order valence-electron chi connectivity index (χ2n) is 6.75. The SMILES string of the molecule is C=C1NC2=C(C(=O)CCC2)C(c2cc3c(cc2Cl)OCO3)C1C(=O)OCC. The molecular weight excluding hydrogens is 370 g/mol. The molecular formula is C20H20ClNO5. The van der Waals surface area contributed by atoms with Crippen molar-refractivity contribution in [3.05, 3.63) is 46.3 Å². The van der Waals surface area contributed by atoms with E-state index in [-0.39, 0.29) is 19.2 Å². The summed E-state index contributed by atoms with van der Waals surface area (Å²) in [4.78, 5) is 25.6. The summed E-state index contributed by atoms with van der Waals surface area (Å²) in [6.45, 7) is 6.14. The van der Waals surface area contributed by atoms with Crippen molar-refractivity contribution in [2.24, 2.45) is 5.92 Å². The summed E-state index contributed by atoms with van der Waals surface area (Å²) in [5.41, 5.74) is 2.56. The molecule has 7 heteroatoms. The van der Waals surface area contributed by atoms with Crippen LogP contribution in [0.15, 0.2) is 35.7 Å². The van der Waals surface area contributed by atoms with Gasteiger partial charge in [0.15, 0.2) is 17.3 Å². The van der Waals surface area contributed by atoms with Crippen molar-refractivity contribution < 1.29 is 23.8 Å². The number of halogens is 1. The fourth-order valence-electron chi connectivity index (χ4n) is 4.01. The molecule has 0 fully saturated rings. The number of benzene rings is 1. The molecule has 1 aromatic rings. The molecule has 0 spiro atoms. The number of hydrogen-bond donors (Lipinski definition) is 1. The molecule has 2 atom stereocenters. The van der Waals surface area contributed by atoms with E-state index in [0.717, 1.165) is 18.5 Å². The van der Waals surface area contributed by atoms with Crippen LogP contribution >= 0.6 is 11.6 Å². The van der Waals surface area contributed by atoms with Gasteiger partial charge in [-0.3, -0.25) is 9.59 Å². The summed E-state index contributed by atoms with van der Waals surface area (Å²) in [5, 5.41) is 3.59. The molecule has 0 bridgehead atoms. The quantitative estimate of drug-likeness (QED) is 0.798. The molecule has 1 aromatic carbocycles. The normalized spacial score (nSPS) is 23.8. The predicted molar refractivity (Wildman–Crippen MR) is 98.6 cm³/mol. The van der Waals surface area contributed by atoms with Crippen molar-refractivity contribution in [1.82, 2.24) is 5.32 Å². The van der Waals surface area contributed by atoms with Gasteiger partial charge in [-0.25, -0.2) is 0 Å². The van der Waals surface area contributed by atoms with Gasteiger partial charge in [0.25, 0.3) is 0 Å². The Hall–Kier alpha value is -2.47. The van der Waals surface area contributed by atoms with Crippen molar-refractivity contribution in [2.75, 3.05) is 13.4 Å². The number of ether oxygens (including phenoxy) is 3. The van der Waals surface area contributed by atoms with Crippen LogP contribution in [-0.4, -0.2) is 25.2 Å². The first-order valence-corrected chi connectivity index (χ1v) is 9.36. The van der Waals surface area contributed by atoms with Crippen LogP contribution in [0.4, 0.5) is 0 Å². The Labute approximate surface area is 162 Å². The number of rotatable bonds is 3. The van der Waals surface area contributed by atoms with E-state index in [1.165, 1.54) is 0 Å². The first kappa shape index (κ1) is 17.9. The van der Waals surface area contributed by atoms with Gasteiger partial charge in [0.05, 0.1) is 6.61 Å². The summed E-state index contributed by atoms with van der Waals surface area (Å²) in [7, 11) is 0. The number of fused-ring (bicyclic) bond motifs is 1. The molecule has 1 aliphatic carbocycles. The Morgan fingerprint density at radius 2 is 2.07 bits per heavy atom. The van der Waals surface area contributed by atoms with E-state index in [1.54, 1.807) is 19.1 Å². The molecule has 1 N–H and O–H groups in total. The number of allylic oxidation sites excluding steroid dienone is 2. The highest BCUT2D eigenvalue weighted by Gasteiger charge is 2.45. The number of hydrogen-bond acceptors (Lipinski definition) is 6. The van der Waals surface area contributed by atoms with Gasteiger partial charge in [-0.2, -0.15) is 0 Å². The molecule has 2 heterocycles. The largest absolute Gasteiger partial charge is 0.465 e. The van der Waals surface area contributed by atoms with E-state index < -0.39 is 17.8 Å². The molecule has 6 nitrogen and oxygen atoms in total. The molecule has 0 aromatic heterocycles. The Morgan fingerprint density at radius 3 is 2.81 bits per heavy atom. The first-order chi connectivity index (χ1) is 13.0. The van der Waals surface area contributed by atoms with E-state index in [9.17, 15) is 9.59 Å². The van der Waals surface area contributed by atoms with Crippen LogP contribution in [0.3, 0.4) is 0 Å². The number of carbonyl (C=O) groups excluding carboxylic acids is 2.